The van der Waals surface area contributed by atoms with Crippen LogP contribution < -0.4 is 0 Å². The van der Waals surface area contributed by atoms with Crippen molar-refractivity contribution in [3.05, 3.63) is 18.0 Å². The Balaban J connectivity index is 1.86. The molecular formula is C13H19N3O4S. The van der Waals surface area contributed by atoms with Gasteiger partial charge in [0.1, 0.15) is 10.6 Å². The van der Waals surface area contributed by atoms with Gasteiger partial charge in [-0.25, -0.2) is 13.2 Å². The molecule has 21 heavy (non-hydrogen) atoms. The van der Waals surface area contributed by atoms with Crippen molar-refractivity contribution in [2.75, 3.05) is 20.1 Å². The van der Waals surface area contributed by atoms with Crippen LogP contribution in [0.2, 0.25) is 0 Å². The highest BCUT2D eigenvalue weighted by Gasteiger charge is 2.38. The van der Waals surface area contributed by atoms with Crippen LogP contribution in [-0.2, 0) is 10.0 Å². The molecule has 0 saturated carbocycles. The standard InChI is InChI=1S/C13H19N3O4S/c1-15-9-2-3-10(15)8-16(5-4-9)21(19,20)11-6-12(13(17)18)14-7-11/h6-7,9-10,14H,2-5,8H2,1H3,(H,17,18). The fourth-order valence-corrected chi connectivity index (χ4v) is 4.78. The minimum Gasteiger partial charge on any atom is -0.477 e. The molecule has 1 aromatic rings. The molecule has 0 spiro atoms. The molecule has 2 fully saturated rings. The molecule has 2 bridgehead atoms. The number of likely N-dealkylation sites (N-methyl/N-ethyl adjacent to an activating group) is 1. The Hall–Kier alpha value is -1.38. The predicted octanol–water partition coefficient (Wildman–Crippen LogP) is 0.570. The third-order valence-corrected chi connectivity index (χ3v) is 6.48. The average Bonchev–Trinajstić information content (AvgIpc) is 2.96. The number of sulfonamides is 1. The van der Waals surface area contributed by atoms with E-state index in [1.807, 2.05) is 0 Å². The van der Waals surface area contributed by atoms with Crippen LogP contribution in [0.15, 0.2) is 17.2 Å². The van der Waals surface area contributed by atoms with Gasteiger partial charge in [0, 0.05) is 31.4 Å². The first-order valence-electron chi connectivity index (χ1n) is 7.03. The van der Waals surface area contributed by atoms with Crippen LogP contribution in [0.1, 0.15) is 29.8 Å². The summed E-state index contributed by atoms with van der Waals surface area (Å²) in [5.74, 6) is -1.16. The molecule has 0 amide bonds. The second-order valence-corrected chi connectivity index (χ2v) is 7.69. The Morgan fingerprint density at radius 1 is 1.33 bits per heavy atom. The van der Waals surface area contributed by atoms with E-state index < -0.39 is 16.0 Å². The maximum absolute atomic E-state index is 12.7. The molecule has 7 nitrogen and oxygen atoms in total. The van der Waals surface area contributed by atoms with Crippen molar-refractivity contribution >= 4 is 16.0 Å². The van der Waals surface area contributed by atoms with Gasteiger partial charge < -0.3 is 10.1 Å². The summed E-state index contributed by atoms with van der Waals surface area (Å²) in [7, 11) is -1.58. The number of carbonyl (C=O) groups is 1. The summed E-state index contributed by atoms with van der Waals surface area (Å²) in [6.45, 7) is 0.963. The fourth-order valence-electron chi connectivity index (χ4n) is 3.29. The number of nitrogens with one attached hydrogen (secondary N) is 1. The van der Waals surface area contributed by atoms with Crippen LogP contribution in [-0.4, -0.2) is 65.9 Å². The zero-order chi connectivity index (χ0) is 15.2. The Labute approximate surface area is 123 Å². The molecule has 1 aromatic heterocycles. The minimum absolute atomic E-state index is 0.0281. The molecular weight excluding hydrogens is 294 g/mol. The number of aromatic amines is 1. The van der Waals surface area contributed by atoms with Crippen LogP contribution in [0.4, 0.5) is 0 Å². The zero-order valence-electron chi connectivity index (χ0n) is 11.8. The lowest BCUT2D eigenvalue weighted by molar-refractivity contribution is 0.0691. The summed E-state index contributed by atoms with van der Waals surface area (Å²) < 4.78 is 26.8. The van der Waals surface area contributed by atoms with Gasteiger partial charge in [-0.2, -0.15) is 4.31 Å². The molecule has 2 aliphatic heterocycles. The highest BCUT2D eigenvalue weighted by atomic mass is 32.2. The van der Waals surface area contributed by atoms with Crippen molar-refractivity contribution in [1.29, 1.82) is 0 Å². The summed E-state index contributed by atoms with van der Waals surface area (Å²) in [5.41, 5.74) is -0.109. The van der Waals surface area contributed by atoms with Gasteiger partial charge in [-0.15, -0.1) is 0 Å². The van der Waals surface area contributed by atoms with Gasteiger partial charge in [0.25, 0.3) is 0 Å². The molecule has 2 unspecified atom stereocenters. The third-order valence-electron chi connectivity index (χ3n) is 4.64. The highest BCUT2D eigenvalue weighted by Crippen LogP contribution is 2.31. The number of aromatic nitrogens is 1. The Morgan fingerprint density at radius 2 is 2.05 bits per heavy atom. The number of carboxylic acids is 1. The maximum Gasteiger partial charge on any atom is 0.352 e. The molecule has 2 aliphatic rings. The average molecular weight is 313 g/mol. The fraction of sp³-hybridized carbons (Fsp3) is 0.615. The van der Waals surface area contributed by atoms with Crippen molar-refractivity contribution in [2.24, 2.45) is 0 Å². The van der Waals surface area contributed by atoms with Gasteiger partial charge in [0.05, 0.1) is 0 Å². The summed E-state index contributed by atoms with van der Waals surface area (Å²) >= 11 is 0. The number of rotatable bonds is 3. The van der Waals surface area contributed by atoms with E-state index in [-0.39, 0.29) is 16.6 Å². The Bertz CT molecular complexity index is 654. The van der Waals surface area contributed by atoms with Gasteiger partial charge in [0.2, 0.25) is 10.0 Å². The lowest BCUT2D eigenvalue weighted by Crippen LogP contribution is -2.39. The van der Waals surface area contributed by atoms with E-state index in [2.05, 4.69) is 16.9 Å². The SMILES string of the molecule is CN1C2CCC1CN(S(=O)(=O)c1c[nH]c(C(=O)O)c1)CC2. The normalized spacial score (nSPS) is 27.7. The maximum atomic E-state index is 12.7. The Morgan fingerprint density at radius 3 is 2.71 bits per heavy atom. The molecule has 0 aliphatic carbocycles. The third kappa shape index (κ3) is 2.47. The van der Waals surface area contributed by atoms with Crippen LogP contribution in [0.25, 0.3) is 0 Å². The van der Waals surface area contributed by atoms with Crippen LogP contribution in [0, 0.1) is 0 Å². The number of nitrogens with zero attached hydrogens (tertiary/aromatic N) is 2. The molecule has 3 rings (SSSR count). The highest BCUT2D eigenvalue weighted by molar-refractivity contribution is 7.89. The largest absolute Gasteiger partial charge is 0.477 e. The van der Waals surface area contributed by atoms with Crippen LogP contribution in [0.3, 0.4) is 0 Å². The lowest BCUT2D eigenvalue weighted by atomic mass is 10.1. The summed E-state index contributed by atoms with van der Waals surface area (Å²) in [4.78, 5) is 15.7. The van der Waals surface area contributed by atoms with Crippen LogP contribution >= 0.6 is 0 Å². The number of hydrogen-bond acceptors (Lipinski definition) is 4. The topological polar surface area (TPSA) is 93.7 Å². The Kier molecular flexibility index (Phi) is 3.54. The van der Waals surface area contributed by atoms with E-state index in [9.17, 15) is 13.2 Å². The smallest absolute Gasteiger partial charge is 0.352 e. The molecule has 8 heteroatoms. The number of hydrogen-bond donors (Lipinski definition) is 2. The second kappa shape index (κ2) is 5.11. The quantitative estimate of drug-likeness (QED) is 0.851. The van der Waals surface area contributed by atoms with Gasteiger partial charge in [-0.3, -0.25) is 4.90 Å². The van der Waals surface area contributed by atoms with Crippen molar-refractivity contribution in [1.82, 2.24) is 14.2 Å². The zero-order valence-corrected chi connectivity index (χ0v) is 12.6. The van der Waals surface area contributed by atoms with Gasteiger partial charge >= 0.3 is 5.97 Å². The first-order chi connectivity index (χ1) is 9.89. The molecule has 2 atom stereocenters. The number of carboxylic acid groups (broad SMARTS) is 1. The first kappa shape index (κ1) is 14.6. The minimum atomic E-state index is -3.63. The number of fused-ring (bicyclic) bond motifs is 2. The monoisotopic (exact) mass is 313 g/mol. The van der Waals surface area contributed by atoms with E-state index in [4.69, 9.17) is 5.11 Å². The second-order valence-electron chi connectivity index (χ2n) is 5.76. The van der Waals surface area contributed by atoms with E-state index >= 15 is 0 Å². The number of aromatic carboxylic acids is 1. The summed E-state index contributed by atoms with van der Waals surface area (Å²) in [5, 5.41) is 8.89. The number of H-pyrrole nitrogens is 1. The molecule has 3 heterocycles. The molecule has 116 valence electrons. The van der Waals surface area contributed by atoms with Crippen LogP contribution in [0.5, 0.6) is 0 Å². The van der Waals surface area contributed by atoms with Crippen molar-refractivity contribution in [3.63, 3.8) is 0 Å². The van der Waals surface area contributed by atoms with E-state index in [0.717, 1.165) is 19.3 Å². The first-order valence-corrected chi connectivity index (χ1v) is 8.47. The summed E-state index contributed by atoms with van der Waals surface area (Å²) in [6.07, 6.45) is 4.22. The lowest BCUT2D eigenvalue weighted by Gasteiger charge is -2.24. The molecule has 2 N–H and O–H groups in total. The van der Waals surface area contributed by atoms with Crippen molar-refractivity contribution < 1.29 is 18.3 Å². The van der Waals surface area contributed by atoms with Crippen molar-refractivity contribution in [2.45, 2.75) is 36.2 Å². The van der Waals surface area contributed by atoms with E-state index in [1.54, 1.807) is 0 Å². The summed E-state index contributed by atoms with van der Waals surface area (Å²) in [6, 6.07) is 1.89. The van der Waals surface area contributed by atoms with E-state index in [1.165, 1.54) is 16.6 Å². The molecule has 2 saturated heterocycles. The van der Waals surface area contributed by atoms with E-state index in [0.29, 0.717) is 19.1 Å². The van der Waals surface area contributed by atoms with Crippen molar-refractivity contribution in [3.8, 4) is 0 Å². The van der Waals surface area contributed by atoms with Gasteiger partial charge in [-0.05, 0) is 32.4 Å². The van der Waals surface area contributed by atoms with Gasteiger partial charge in [-0.1, -0.05) is 0 Å². The molecule has 0 radical (unpaired) electrons. The van der Waals surface area contributed by atoms with Gasteiger partial charge in [0.15, 0.2) is 0 Å². The molecule has 0 aromatic carbocycles. The predicted molar refractivity (Wildman–Crippen MR) is 75.7 cm³/mol.